The van der Waals surface area contributed by atoms with E-state index in [2.05, 4.69) is 26.6 Å². The van der Waals surface area contributed by atoms with Gasteiger partial charge in [0.2, 0.25) is 0 Å². The van der Waals surface area contributed by atoms with Gasteiger partial charge in [-0.1, -0.05) is 103 Å². The van der Waals surface area contributed by atoms with E-state index in [1.165, 1.54) is 102 Å². The van der Waals surface area contributed by atoms with Crippen molar-refractivity contribution in [2.45, 2.75) is 135 Å². The molecule has 0 unspecified atom stereocenters. The molecule has 3 atom stereocenters. The highest BCUT2D eigenvalue weighted by Crippen LogP contribution is 2.42. The van der Waals surface area contributed by atoms with Crippen LogP contribution in [-0.4, -0.2) is 44.0 Å². The Bertz CT molecular complexity index is 1000. The molecule has 0 fully saturated rings. The van der Waals surface area contributed by atoms with Crippen molar-refractivity contribution in [1.82, 2.24) is 0 Å². The van der Waals surface area contributed by atoms with Crippen LogP contribution in [0.5, 0.6) is 0 Å². The van der Waals surface area contributed by atoms with Crippen LogP contribution in [0.15, 0.2) is 36.4 Å². The highest BCUT2D eigenvalue weighted by atomic mass is 28.4. The molecule has 236 valence electrons. The van der Waals surface area contributed by atoms with E-state index in [9.17, 15) is 19.7 Å². The Balaban J connectivity index is 1.90. The topological polar surface area (TPSA) is 105 Å². The molecule has 0 amide bonds. The number of nitro benzene ring substituents is 1. The van der Waals surface area contributed by atoms with E-state index in [0.717, 1.165) is 19.3 Å². The van der Waals surface area contributed by atoms with Crippen LogP contribution in [0.2, 0.25) is 19.6 Å². The average molecular weight is 604 g/mol. The first-order chi connectivity index (χ1) is 20.0. The van der Waals surface area contributed by atoms with Crippen molar-refractivity contribution >= 4 is 25.9 Å². The number of hydrogen-bond acceptors (Lipinski definition) is 7. The van der Waals surface area contributed by atoms with E-state index < -0.39 is 42.8 Å². The number of carbonyl (C=O) groups is 2. The van der Waals surface area contributed by atoms with E-state index in [4.69, 9.17) is 13.9 Å². The van der Waals surface area contributed by atoms with Gasteiger partial charge in [0.05, 0.1) is 23.2 Å². The number of unbranched alkanes of at least 4 members (excludes halogenated alkanes) is 13. The third kappa shape index (κ3) is 12.0. The zero-order chi connectivity index (χ0) is 31.0. The summed E-state index contributed by atoms with van der Waals surface area (Å²) in [5.74, 6) is -1.96. The number of carbonyl (C=O) groups excluding carboxylic acids is 2. The summed E-state index contributed by atoms with van der Waals surface area (Å²) in [6.07, 6.45) is 21.1. The Morgan fingerprint density at radius 1 is 0.857 bits per heavy atom. The molecular weight excluding hydrogens is 550 g/mol. The van der Waals surface area contributed by atoms with Crippen LogP contribution in [0.4, 0.5) is 5.69 Å². The third-order valence-electron chi connectivity index (χ3n) is 7.85. The Hall–Kier alpha value is -2.52. The molecule has 0 aliphatic heterocycles. The van der Waals surface area contributed by atoms with Gasteiger partial charge in [0.15, 0.2) is 8.32 Å². The summed E-state index contributed by atoms with van der Waals surface area (Å²) in [4.78, 5) is 36.5. The van der Waals surface area contributed by atoms with Gasteiger partial charge in [-0.3, -0.25) is 14.9 Å². The van der Waals surface area contributed by atoms with Crippen LogP contribution in [-0.2, 0) is 18.7 Å². The average Bonchev–Trinajstić information content (AvgIpc) is 3.28. The molecule has 0 aromatic heterocycles. The molecule has 0 saturated heterocycles. The van der Waals surface area contributed by atoms with Gasteiger partial charge in [0.25, 0.3) is 5.69 Å². The maximum absolute atomic E-state index is 13.1. The number of hydrogen-bond donors (Lipinski definition) is 0. The number of benzene rings is 1. The monoisotopic (exact) mass is 603 g/mol. The molecule has 9 heteroatoms. The molecule has 0 heterocycles. The third-order valence-corrected chi connectivity index (χ3v) is 8.84. The molecule has 8 nitrogen and oxygen atoms in total. The maximum atomic E-state index is 13.1. The van der Waals surface area contributed by atoms with Crippen molar-refractivity contribution in [1.29, 1.82) is 0 Å². The molecule has 1 aromatic rings. The molecule has 2 rings (SSSR count). The highest BCUT2D eigenvalue weighted by Gasteiger charge is 2.53. The van der Waals surface area contributed by atoms with Crippen LogP contribution >= 0.6 is 0 Å². The van der Waals surface area contributed by atoms with Crippen LogP contribution in [0.3, 0.4) is 0 Å². The van der Waals surface area contributed by atoms with Crippen molar-refractivity contribution in [2.24, 2.45) is 5.92 Å². The zero-order valence-electron chi connectivity index (χ0n) is 26.5. The molecule has 1 aliphatic carbocycles. The SMILES string of the molecule is CCCCCCCCCCCCCCCC[C@]1(O[Si](C)(C)C)C=C[C@H](OC(=O)c2ccc([N+](=O)[O-])cc2)[C@H]1C(=O)OC. The first kappa shape index (κ1) is 35.7. The van der Waals surface area contributed by atoms with E-state index in [1.54, 1.807) is 6.08 Å². The molecule has 0 bridgehead atoms. The normalized spacial score (nSPS) is 20.0. The summed E-state index contributed by atoms with van der Waals surface area (Å²) in [6, 6.07) is 5.22. The van der Waals surface area contributed by atoms with Crippen molar-refractivity contribution in [3.05, 3.63) is 52.1 Å². The largest absolute Gasteiger partial charge is 0.469 e. The molecule has 0 N–H and O–H groups in total. The van der Waals surface area contributed by atoms with Crippen LogP contribution in [0, 0.1) is 16.0 Å². The molecule has 0 spiro atoms. The van der Waals surface area contributed by atoms with Crippen molar-refractivity contribution in [3.63, 3.8) is 0 Å². The fourth-order valence-corrected chi connectivity index (χ4v) is 7.22. The smallest absolute Gasteiger partial charge is 0.338 e. The standard InChI is InChI=1S/C33H53NO7Si/c1-6-7-8-9-10-11-12-13-14-15-16-17-18-19-25-33(41-42(3,4)5)26-24-29(30(33)32(36)39-2)40-31(35)27-20-22-28(23-21-27)34(37)38/h20-24,26,29-30H,6-19,25H2,1-5H3/t29-,30-,33-/m0/s1. The lowest BCUT2D eigenvalue weighted by Gasteiger charge is -2.40. The first-order valence-corrected chi connectivity index (χ1v) is 19.4. The van der Waals surface area contributed by atoms with Gasteiger partial charge in [-0.05, 0) is 44.3 Å². The van der Waals surface area contributed by atoms with Crippen molar-refractivity contribution in [3.8, 4) is 0 Å². The van der Waals surface area contributed by atoms with Crippen LogP contribution < -0.4 is 0 Å². The van der Waals surface area contributed by atoms with E-state index in [-0.39, 0.29) is 11.3 Å². The Labute approximate surface area is 253 Å². The number of nitrogens with zero attached hydrogens (tertiary/aromatic N) is 1. The zero-order valence-corrected chi connectivity index (χ0v) is 27.5. The minimum absolute atomic E-state index is 0.115. The molecule has 42 heavy (non-hydrogen) atoms. The fourth-order valence-electron chi connectivity index (χ4n) is 5.78. The fraction of sp³-hybridized carbons (Fsp3) is 0.697. The number of rotatable bonds is 21. The van der Waals surface area contributed by atoms with Gasteiger partial charge in [-0.15, -0.1) is 0 Å². The van der Waals surface area contributed by atoms with Gasteiger partial charge in [0.1, 0.15) is 12.0 Å². The van der Waals surface area contributed by atoms with Gasteiger partial charge in [0, 0.05) is 12.1 Å². The summed E-state index contributed by atoms with van der Waals surface area (Å²) in [5.41, 5.74) is -0.849. The number of ether oxygens (including phenoxy) is 2. The van der Waals surface area contributed by atoms with Gasteiger partial charge in [-0.2, -0.15) is 0 Å². The summed E-state index contributed by atoms with van der Waals surface area (Å²) in [7, 11) is -0.781. The lowest BCUT2D eigenvalue weighted by Crippen LogP contribution is -2.51. The lowest BCUT2D eigenvalue weighted by atomic mass is 9.84. The van der Waals surface area contributed by atoms with Crippen molar-refractivity contribution < 1.29 is 28.4 Å². The Kier molecular flexibility index (Phi) is 15.5. The van der Waals surface area contributed by atoms with Crippen molar-refractivity contribution in [2.75, 3.05) is 7.11 Å². The number of non-ortho nitro benzene ring substituents is 1. The molecule has 1 aromatic carbocycles. The molecule has 0 saturated carbocycles. The summed E-state index contributed by atoms with van der Waals surface area (Å²) in [5, 5.41) is 11.0. The Morgan fingerprint density at radius 3 is 1.81 bits per heavy atom. The maximum Gasteiger partial charge on any atom is 0.338 e. The van der Waals surface area contributed by atoms with E-state index in [0.29, 0.717) is 6.42 Å². The van der Waals surface area contributed by atoms with Crippen LogP contribution in [0.1, 0.15) is 114 Å². The minimum atomic E-state index is -2.12. The summed E-state index contributed by atoms with van der Waals surface area (Å²) >= 11 is 0. The minimum Gasteiger partial charge on any atom is -0.469 e. The van der Waals surface area contributed by atoms with Crippen LogP contribution in [0.25, 0.3) is 0 Å². The van der Waals surface area contributed by atoms with Gasteiger partial charge in [-0.25, -0.2) is 4.79 Å². The number of methoxy groups -OCH3 is 1. The number of esters is 2. The predicted octanol–water partition coefficient (Wildman–Crippen LogP) is 8.94. The van der Waals surface area contributed by atoms with Gasteiger partial charge < -0.3 is 13.9 Å². The van der Waals surface area contributed by atoms with E-state index in [1.807, 2.05) is 6.08 Å². The predicted molar refractivity (Wildman–Crippen MR) is 169 cm³/mol. The second-order valence-electron chi connectivity index (χ2n) is 12.5. The first-order valence-electron chi connectivity index (χ1n) is 16.0. The lowest BCUT2D eigenvalue weighted by molar-refractivity contribution is -0.384. The van der Waals surface area contributed by atoms with Gasteiger partial charge >= 0.3 is 11.9 Å². The second kappa shape index (κ2) is 18.2. The second-order valence-corrected chi connectivity index (χ2v) is 17.0. The van der Waals surface area contributed by atoms with E-state index >= 15 is 0 Å². The molecule has 0 radical (unpaired) electrons. The molecule has 1 aliphatic rings. The summed E-state index contributed by atoms with van der Waals surface area (Å²) < 4.78 is 17.6. The Morgan fingerprint density at radius 2 is 1.36 bits per heavy atom. The summed E-state index contributed by atoms with van der Waals surface area (Å²) in [6.45, 7) is 8.50. The molecular formula is C33H53NO7Si. The highest BCUT2D eigenvalue weighted by molar-refractivity contribution is 6.69. The number of nitro groups is 1. The quantitative estimate of drug-likeness (QED) is 0.0345.